The number of aliphatic hydroxyl groups excluding tert-OH is 2. The molecule has 6 aromatic carbocycles. The number of non-ortho nitro benzene ring substituents is 1. The lowest BCUT2D eigenvalue weighted by atomic mass is 9.55. The smallest absolute Gasteiger partial charge is 0.410 e. The van der Waals surface area contributed by atoms with Gasteiger partial charge in [0.25, 0.3) is 5.69 Å². The highest BCUT2D eigenvalue weighted by molar-refractivity contribution is 6.03. The first-order valence-electron chi connectivity index (χ1n) is 26.8. The van der Waals surface area contributed by atoms with Crippen LogP contribution < -0.4 is 9.47 Å². The van der Waals surface area contributed by atoms with Gasteiger partial charge >= 0.3 is 6.09 Å². The maximum atomic E-state index is 15.4. The molecule has 3 aliphatic rings. The number of unbranched alkanes of at least 4 members (excludes halogenated alkanes) is 2. The van der Waals surface area contributed by atoms with E-state index < -0.39 is 28.8 Å². The van der Waals surface area contributed by atoms with Crippen LogP contribution in [0.3, 0.4) is 0 Å². The monoisotopic (exact) mass is 1040 g/mol. The van der Waals surface area contributed by atoms with Crippen molar-refractivity contribution >= 4 is 28.3 Å². The Hall–Kier alpha value is -7.36. The standard InChI is InChI=1S/C63H69N3O11/c1-4-33-74-63-59(65(40-49-20-14-19-47-17-8-9-21-53(47)49)62(69)73-35-34-72-41-45-15-6-5-7-16-45)39-57(64-75-42-46-24-26-50(27-25-46)66(70)71)55-37-48(18-10-12-31-67)54(22-11-13-32-68)60(61(55)63)56-38-52(29-30-58(56)77-63)76-51-28-23-43(2)44(3)36-51/h4-9,14-17,19-21,23-30,36-38,48,54,59-61,67-68H,1,10-13,18,22,31-35,39-42H2,2-3H3/t48-,54+,59-,60+,61+,63+/m0/s1. The third kappa shape index (κ3) is 12.6. The van der Waals surface area contributed by atoms with E-state index in [2.05, 4.69) is 32.6 Å². The van der Waals surface area contributed by atoms with Gasteiger partial charge in [0.1, 0.15) is 36.5 Å². The minimum atomic E-state index is -1.58. The first-order chi connectivity index (χ1) is 37.6. The topological polar surface area (TPSA) is 172 Å². The van der Waals surface area contributed by atoms with Gasteiger partial charge in [0.2, 0.25) is 5.79 Å². The maximum absolute atomic E-state index is 15.4. The number of aliphatic hydroxyl groups is 2. The van der Waals surface area contributed by atoms with Crippen LogP contribution in [0, 0.1) is 41.7 Å². The van der Waals surface area contributed by atoms with Gasteiger partial charge < -0.3 is 38.7 Å². The normalized spacial score (nSPS) is 20.8. The number of amides is 1. The zero-order chi connectivity index (χ0) is 53.7. The molecule has 2 N–H and O–H groups in total. The van der Waals surface area contributed by atoms with Crippen LogP contribution in [0.25, 0.3) is 10.8 Å². The van der Waals surface area contributed by atoms with Crippen LogP contribution >= 0.6 is 0 Å². The van der Waals surface area contributed by atoms with Crippen molar-refractivity contribution in [3.8, 4) is 17.2 Å². The molecule has 1 saturated carbocycles. The van der Waals surface area contributed by atoms with E-state index in [1.807, 2.05) is 103 Å². The zero-order valence-electron chi connectivity index (χ0n) is 44.0. The summed E-state index contributed by atoms with van der Waals surface area (Å²) in [5.41, 5.74) is 7.12. The number of fused-ring (bicyclic) bond motifs is 3. The lowest BCUT2D eigenvalue weighted by Gasteiger charge is -2.59. The van der Waals surface area contributed by atoms with Crippen molar-refractivity contribution in [1.29, 1.82) is 0 Å². The quantitative estimate of drug-likeness (QED) is 0.0242. The molecular formula is C63H69N3O11. The van der Waals surface area contributed by atoms with Gasteiger partial charge in [0, 0.05) is 43.2 Å². The number of allylic oxidation sites excluding steroid dienone is 1. The Bertz CT molecular complexity index is 3050. The number of oxime groups is 1. The molecule has 14 heteroatoms. The van der Waals surface area contributed by atoms with Crippen molar-refractivity contribution in [3.05, 3.63) is 201 Å². The maximum Gasteiger partial charge on any atom is 0.410 e. The van der Waals surface area contributed by atoms with Crippen LogP contribution in [0.5, 0.6) is 17.2 Å². The summed E-state index contributed by atoms with van der Waals surface area (Å²) in [6, 6.07) is 41.2. The molecule has 6 aromatic rings. The summed E-state index contributed by atoms with van der Waals surface area (Å²) in [4.78, 5) is 34.5. The van der Waals surface area contributed by atoms with Gasteiger partial charge in [0.15, 0.2) is 0 Å². The van der Waals surface area contributed by atoms with E-state index in [0.717, 1.165) is 69.8 Å². The molecule has 0 bridgehead atoms. The highest BCUT2D eigenvalue weighted by Crippen LogP contribution is 2.62. The number of rotatable bonds is 25. The summed E-state index contributed by atoms with van der Waals surface area (Å²) >= 11 is 0. The molecule has 2 aliphatic carbocycles. The first kappa shape index (κ1) is 54.4. The van der Waals surface area contributed by atoms with E-state index in [0.29, 0.717) is 48.0 Å². The first-order valence-corrected chi connectivity index (χ1v) is 26.8. The Morgan fingerprint density at radius 3 is 2.32 bits per heavy atom. The molecule has 0 spiro atoms. The highest BCUT2D eigenvalue weighted by atomic mass is 16.7. The fourth-order valence-electron chi connectivity index (χ4n) is 11.5. The average Bonchev–Trinajstić information content (AvgIpc) is 3.44. The van der Waals surface area contributed by atoms with Gasteiger partial charge in [-0.2, -0.15) is 0 Å². The van der Waals surface area contributed by atoms with Crippen LogP contribution in [0.1, 0.15) is 84.2 Å². The third-order valence-electron chi connectivity index (χ3n) is 15.3. The van der Waals surface area contributed by atoms with Gasteiger partial charge in [-0.15, -0.1) is 6.58 Å². The molecule has 1 amide bonds. The molecule has 0 saturated heterocycles. The number of benzene rings is 6. The van der Waals surface area contributed by atoms with Crippen LogP contribution in [0.15, 0.2) is 163 Å². The molecule has 14 nitrogen and oxygen atoms in total. The van der Waals surface area contributed by atoms with E-state index in [1.165, 1.54) is 12.1 Å². The van der Waals surface area contributed by atoms with Crippen molar-refractivity contribution < 1.29 is 48.5 Å². The Balaban J connectivity index is 1.21. The van der Waals surface area contributed by atoms with Crippen molar-refractivity contribution in [3.63, 3.8) is 0 Å². The third-order valence-corrected chi connectivity index (χ3v) is 15.3. The van der Waals surface area contributed by atoms with Gasteiger partial charge in [0.05, 0.1) is 42.9 Å². The molecule has 0 radical (unpaired) electrons. The van der Waals surface area contributed by atoms with Crippen molar-refractivity contribution in [2.75, 3.05) is 33.0 Å². The predicted octanol–water partition coefficient (Wildman–Crippen LogP) is 12.8. The lowest BCUT2D eigenvalue weighted by Crippen LogP contribution is -2.70. The molecule has 9 rings (SSSR count). The number of carbonyl (C=O) groups is 1. The minimum absolute atomic E-state index is 0.0125. The van der Waals surface area contributed by atoms with Gasteiger partial charge in [-0.25, -0.2) is 4.79 Å². The molecule has 6 atom stereocenters. The van der Waals surface area contributed by atoms with E-state index in [1.54, 1.807) is 23.1 Å². The zero-order valence-corrected chi connectivity index (χ0v) is 44.0. The summed E-state index contributed by atoms with van der Waals surface area (Å²) in [5.74, 6) is -0.673. The van der Waals surface area contributed by atoms with Crippen LogP contribution in [0.2, 0.25) is 0 Å². The lowest BCUT2D eigenvalue weighted by molar-refractivity contribution is -0.384. The molecule has 1 fully saturated rings. The predicted molar refractivity (Wildman–Crippen MR) is 296 cm³/mol. The average molecular weight is 1040 g/mol. The fraction of sp³-hybridized carbons (Fsp3) is 0.365. The van der Waals surface area contributed by atoms with Crippen molar-refractivity contribution in [2.45, 2.75) is 96.3 Å². The van der Waals surface area contributed by atoms with E-state index in [9.17, 15) is 20.3 Å². The molecule has 1 aliphatic heterocycles. The van der Waals surface area contributed by atoms with Crippen LogP contribution in [-0.2, 0) is 38.8 Å². The summed E-state index contributed by atoms with van der Waals surface area (Å²) in [6.45, 7) is 8.99. The van der Waals surface area contributed by atoms with Crippen molar-refractivity contribution in [1.82, 2.24) is 4.90 Å². The molecule has 77 heavy (non-hydrogen) atoms. The highest BCUT2D eigenvalue weighted by Gasteiger charge is 2.66. The molecule has 0 aromatic heterocycles. The van der Waals surface area contributed by atoms with Crippen LogP contribution in [-0.4, -0.2) is 76.7 Å². The van der Waals surface area contributed by atoms with E-state index in [-0.39, 0.29) is 76.0 Å². The summed E-state index contributed by atoms with van der Waals surface area (Å²) in [5, 5.41) is 38.8. The number of hydrogen-bond donors (Lipinski definition) is 2. The number of ether oxygens (including phenoxy) is 5. The minimum Gasteiger partial charge on any atom is -0.459 e. The second-order valence-corrected chi connectivity index (χ2v) is 20.2. The molecule has 402 valence electrons. The number of carbonyl (C=O) groups excluding carboxylic acids is 1. The van der Waals surface area contributed by atoms with Gasteiger partial charge in [-0.1, -0.05) is 109 Å². The van der Waals surface area contributed by atoms with Crippen LogP contribution in [0.4, 0.5) is 10.5 Å². The number of aryl methyl sites for hydroxylation is 2. The molecular weight excluding hydrogens is 975 g/mol. The Labute approximate surface area is 450 Å². The van der Waals surface area contributed by atoms with Gasteiger partial charge in [-0.3, -0.25) is 15.0 Å². The van der Waals surface area contributed by atoms with Gasteiger partial charge in [-0.05, 0) is 138 Å². The van der Waals surface area contributed by atoms with E-state index in [4.69, 9.17) is 33.7 Å². The largest absolute Gasteiger partial charge is 0.459 e. The Morgan fingerprint density at radius 2 is 1.56 bits per heavy atom. The molecule has 0 unspecified atom stereocenters. The van der Waals surface area contributed by atoms with E-state index >= 15 is 4.79 Å². The number of nitrogens with zero attached hydrogens (tertiary/aromatic N) is 3. The number of nitro benzene ring substituents is 1. The molecule has 1 heterocycles. The summed E-state index contributed by atoms with van der Waals surface area (Å²) < 4.78 is 33.8. The Kier molecular flexibility index (Phi) is 18.1. The second-order valence-electron chi connectivity index (χ2n) is 20.2. The number of hydrogen-bond acceptors (Lipinski definition) is 12. The summed E-state index contributed by atoms with van der Waals surface area (Å²) in [7, 11) is 0. The second kappa shape index (κ2) is 25.7. The fourth-order valence-corrected chi connectivity index (χ4v) is 11.5. The number of nitro groups is 1. The van der Waals surface area contributed by atoms with Crippen molar-refractivity contribution in [2.24, 2.45) is 22.9 Å². The Morgan fingerprint density at radius 1 is 0.831 bits per heavy atom. The SMILES string of the molecule is C=CCO[C@@]12Oc3ccc(Oc4ccc(C)c(C)c4)cc3[C@H]3[C@H](CCCCO)[C@@H](CCCCO)C=C(C(=NOCc4ccc([N+](=O)[O-])cc4)C[C@@H]1N(Cc1cccc4ccccc14)C(=O)OCCOCc1ccccc1)[C@H]32. The summed E-state index contributed by atoms with van der Waals surface area (Å²) in [6.07, 6.45) is 7.74.